The Kier molecular flexibility index (Phi) is 6.21. The van der Waals surface area contributed by atoms with Crippen LogP contribution in [-0.2, 0) is 21.4 Å². The number of carbonyl (C=O) groups excluding carboxylic acids is 1. The van der Waals surface area contributed by atoms with Crippen LogP contribution in [0.15, 0.2) is 42.5 Å². The minimum absolute atomic E-state index is 0.141. The number of amides is 1. The first-order valence-electron chi connectivity index (χ1n) is 7.72. The number of halogens is 1. The molecular weight excluding hydrogens is 360 g/mol. The van der Waals surface area contributed by atoms with Gasteiger partial charge in [-0.15, -0.1) is 0 Å². The number of sulfonamides is 1. The van der Waals surface area contributed by atoms with Crippen molar-refractivity contribution in [1.29, 1.82) is 0 Å². The number of nitrogens with zero attached hydrogens (tertiary/aromatic N) is 1. The van der Waals surface area contributed by atoms with Crippen molar-refractivity contribution in [3.63, 3.8) is 0 Å². The Morgan fingerprint density at radius 3 is 2.52 bits per heavy atom. The second-order valence-electron chi connectivity index (χ2n) is 6.03. The molecule has 0 aliphatic rings. The fourth-order valence-electron chi connectivity index (χ4n) is 2.38. The lowest BCUT2D eigenvalue weighted by Gasteiger charge is -2.20. The maximum absolute atomic E-state index is 12.3. The number of carbonyl (C=O) groups is 1. The van der Waals surface area contributed by atoms with E-state index in [-0.39, 0.29) is 13.1 Å². The third-order valence-electron chi connectivity index (χ3n) is 3.70. The first-order valence-corrected chi connectivity index (χ1v) is 9.94. The van der Waals surface area contributed by atoms with Crippen molar-refractivity contribution in [2.75, 3.05) is 18.1 Å². The fourth-order valence-corrected chi connectivity index (χ4v) is 3.29. The predicted octanol–water partition coefficient (Wildman–Crippen LogP) is 3.36. The maximum Gasteiger partial charge on any atom is 0.239 e. The van der Waals surface area contributed by atoms with Gasteiger partial charge in [-0.1, -0.05) is 47.5 Å². The van der Waals surface area contributed by atoms with Gasteiger partial charge >= 0.3 is 0 Å². The van der Waals surface area contributed by atoms with Crippen LogP contribution in [0.3, 0.4) is 0 Å². The smallest absolute Gasteiger partial charge is 0.239 e. The van der Waals surface area contributed by atoms with E-state index < -0.39 is 15.9 Å². The summed E-state index contributed by atoms with van der Waals surface area (Å²) in [5.41, 5.74) is 3.28. The molecule has 1 N–H and O–H groups in total. The lowest BCUT2D eigenvalue weighted by molar-refractivity contribution is -0.116. The first kappa shape index (κ1) is 19.4. The highest BCUT2D eigenvalue weighted by atomic mass is 35.5. The normalized spacial score (nSPS) is 11.6. The molecule has 0 fully saturated rings. The van der Waals surface area contributed by atoms with E-state index in [9.17, 15) is 13.2 Å². The molecule has 0 atom stereocenters. The van der Waals surface area contributed by atoms with Crippen molar-refractivity contribution < 1.29 is 13.2 Å². The molecule has 134 valence electrons. The van der Waals surface area contributed by atoms with Crippen LogP contribution in [0.1, 0.15) is 16.7 Å². The van der Waals surface area contributed by atoms with E-state index in [1.54, 1.807) is 18.2 Å². The molecule has 1 amide bonds. The molecule has 0 saturated carbocycles. The molecular formula is C18H21ClN2O3S. The quantitative estimate of drug-likeness (QED) is 0.835. The summed E-state index contributed by atoms with van der Waals surface area (Å²) in [7, 11) is -3.54. The summed E-state index contributed by atoms with van der Waals surface area (Å²) in [6.07, 6.45) is 1.10. The molecule has 2 aromatic rings. The van der Waals surface area contributed by atoms with Crippen LogP contribution in [0.4, 0.5) is 5.69 Å². The number of nitrogens with one attached hydrogen (secondary N) is 1. The number of rotatable bonds is 6. The molecule has 25 heavy (non-hydrogen) atoms. The van der Waals surface area contributed by atoms with Crippen molar-refractivity contribution in [2.45, 2.75) is 20.4 Å². The molecule has 5 nitrogen and oxygen atoms in total. The van der Waals surface area contributed by atoms with E-state index in [1.165, 1.54) is 0 Å². The standard InChI is InChI=1S/C18H21ClN2O3S/c1-13-5-4-6-15(9-13)11-21(25(3,23)24)12-18(22)20-17-10-16(19)8-7-14(17)2/h4-10H,11-12H2,1-3H3,(H,20,22). The molecule has 0 heterocycles. The maximum atomic E-state index is 12.3. The molecule has 0 aliphatic carbocycles. The van der Waals surface area contributed by atoms with Crippen molar-refractivity contribution in [3.05, 3.63) is 64.2 Å². The van der Waals surface area contributed by atoms with Crippen LogP contribution < -0.4 is 5.32 Å². The lowest BCUT2D eigenvalue weighted by Crippen LogP contribution is -2.37. The zero-order valence-electron chi connectivity index (χ0n) is 14.4. The van der Waals surface area contributed by atoms with Crippen LogP contribution in [0.25, 0.3) is 0 Å². The third-order valence-corrected chi connectivity index (χ3v) is 5.14. The highest BCUT2D eigenvalue weighted by molar-refractivity contribution is 7.88. The van der Waals surface area contributed by atoms with Crippen molar-refractivity contribution in [2.24, 2.45) is 0 Å². The third kappa shape index (κ3) is 5.85. The molecule has 0 aliphatic heterocycles. The monoisotopic (exact) mass is 380 g/mol. The van der Waals surface area contributed by atoms with Gasteiger partial charge in [0.05, 0.1) is 12.8 Å². The number of hydrogen-bond acceptors (Lipinski definition) is 3. The average Bonchev–Trinajstić information content (AvgIpc) is 2.49. The zero-order valence-corrected chi connectivity index (χ0v) is 16.0. The van der Waals surface area contributed by atoms with Crippen LogP contribution in [0.5, 0.6) is 0 Å². The van der Waals surface area contributed by atoms with Crippen molar-refractivity contribution in [1.82, 2.24) is 4.31 Å². The molecule has 2 rings (SSSR count). The average molecular weight is 381 g/mol. The van der Waals surface area contributed by atoms with Gasteiger partial charge in [0, 0.05) is 17.3 Å². The molecule has 0 saturated heterocycles. The number of aryl methyl sites for hydroxylation is 2. The van der Waals surface area contributed by atoms with Crippen LogP contribution in [0.2, 0.25) is 5.02 Å². The topological polar surface area (TPSA) is 66.5 Å². The summed E-state index contributed by atoms with van der Waals surface area (Å²) < 4.78 is 25.3. The highest BCUT2D eigenvalue weighted by Crippen LogP contribution is 2.20. The van der Waals surface area contributed by atoms with Gasteiger partial charge in [-0.05, 0) is 37.1 Å². The van der Waals surface area contributed by atoms with E-state index in [0.717, 1.165) is 27.3 Å². The van der Waals surface area contributed by atoms with Gasteiger partial charge in [-0.25, -0.2) is 8.42 Å². The Labute approximate surface area is 153 Å². The summed E-state index contributed by atoms with van der Waals surface area (Å²) in [6, 6.07) is 12.7. The Hall–Kier alpha value is -1.89. The number of benzene rings is 2. The summed E-state index contributed by atoms with van der Waals surface area (Å²) in [6.45, 7) is 3.65. The van der Waals surface area contributed by atoms with Gasteiger partial charge in [-0.2, -0.15) is 4.31 Å². The highest BCUT2D eigenvalue weighted by Gasteiger charge is 2.21. The predicted molar refractivity (Wildman–Crippen MR) is 101 cm³/mol. The fraction of sp³-hybridized carbons (Fsp3) is 0.278. The van der Waals surface area contributed by atoms with Gasteiger partial charge in [0.15, 0.2) is 0 Å². The zero-order chi connectivity index (χ0) is 18.6. The first-order chi connectivity index (χ1) is 11.6. The Balaban J connectivity index is 2.14. The number of hydrogen-bond donors (Lipinski definition) is 1. The molecule has 2 aromatic carbocycles. The molecule has 0 radical (unpaired) electrons. The Morgan fingerprint density at radius 2 is 1.88 bits per heavy atom. The SMILES string of the molecule is Cc1cccc(CN(CC(=O)Nc2cc(Cl)ccc2C)S(C)(=O)=O)c1. The van der Waals surface area contributed by atoms with Crippen LogP contribution in [0, 0.1) is 13.8 Å². The second-order valence-corrected chi connectivity index (χ2v) is 8.45. The summed E-state index contributed by atoms with van der Waals surface area (Å²) >= 11 is 5.94. The largest absolute Gasteiger partial charge is 0.325 e. The lowest BCUT2D eigenvalue weighted by atomic mass is 10.1. The minimum Gasteiger partial charge on any atom is -0.325 e. The molecule has 0 unspecified atom stereocenters. The van der Waals surface area contributed by atoms with Crippen molar-refractivity contribution >= 4 is 33.2 Å². The van der Waals surface area contributed by atoms with E-state index in [4.69, 9.17) is 11.6 Å². The van der Waals surface area contributed by atoms with Gasteiger partial charge in [0.2, 0.25) is 15.9 Å². The molecule has 0 spiro atoms. The molecule has 7 heteroatoms. The summed E-state index contributed by atoms with van der Waals surface area (Å²) in [5, 5.41) is 3.22. The van der Waals surface area contributed by atoms with Crippen LogP contribution in [-0.4, -0.2) is 31.4 Å². The van der Waals surface area contributed by atoms with Crippen LogP contribution >= 0.6 is 11.6 Å². The summed E-state index contributed by atoms with van der Waals surface area (Å²) in [5.74, 6) is -0.413. The van der Waals surface area contributed by atoms with E-state index in [2.05, 4.69) is 5.32 Å². The van der Waals surface area contributed by atoms with Gasteiger partial charge in [-0.3, -0.25) is 4.79 Å². The molecule has 0 bridgehead atoms. The minimum atomic E-state index is -3.54. The summed E-state index contributed by atoms with van der Waals surface area (Å²) in [4.78, 5) is 12.3. The molecule has 0 aromatic heterocycles. The Morgan fingerprint density at radius 1 is 1.16 bits per heavy atom. The van der Waals surface area contributed by atoms with Gasteiger partial charge in [0.1, 0.15) is 0 Å². The van der Waals surface area contributed by atoms with Gasteiger partial charge in [0.25, 0.3) is 0 Å². The van der Waals surface area contributed by atoms with Gasteiger partial charge < -0.3 is 5.32 Å². The number of anilines is 1. The van der Waals surface area contributed by atoms with E-state index in [0.29, 0.717) is 10.7 Å². The van der Waals surface area contributed by atoms with Crippen molar-refractivity contribution in [3.8, 4) is 0 Å². The Bertz CT molecular complexity index is 882. The van der Waals surface area contributed by atoms with E-state index in [1.807, 2.05) is 38.1 Å². The second kappa shape index (κ2) is 7.99. The van der Waals surface area contributed by atoms with E-state index >= 15 is 0 Å².